The number of methoxy groups -OCH3 is 1. The molecular formula is C23H24F6O2. The summed E-state index contributed by atoms with van der Waals surface area (Å²) in [5.41, 5.74) is 1.46. The molecular weight excluding hydrogens is 422 g/mol. The molecule has 0 spiro atoms. The zero-order valence-electron chi connectivity index (χ0n) is 17.0. The summed E-state index contributed by atoms with van der Waals surface area (Å²) in [5, 5.41) is 0. The van der Waals surface area contributed by atoms with Crippen LogP contribution in [0.5, 0.6) is 0 Å². The van der Waals surface area contributed by atoms with Gasteiger partial charge in [0.15, 0.2) is 0 Å². The number of ether oxygens (including phenoxy) is 2. The lowest BCUT2D eigenvalue weighted by Crippen LogP contribution is -2.39. The normalized spacial score (nSPS) is 21.1. The lowest BCUT2D eigenvalue weighted by molar-refractivity contribution is -0.248. The van der Waals surface area contributed by atoms with E-state index in [4.69, 9.17) is 9.47 Å². The van der Waals surface area contributed by atoms with E-state index in [1.54, 1.807) is 7.11 Å². The summed E-state index contributed by atoms with van der Waals surface area (Å²) in [6.45, 7) is 0.289. The topological polar surface area (TPSA) is 18.5 Å². The summed E-state index contributed by atoms with van der Waals surface area (Å²) in [5.74, 6) is -4.24. The second kappa shape index (κ2) is 9.61. The standard InChI is InChI=1S/C23H24F6O2/c1-30-14-31-20-12-8-18(9-13-20)16-4-2-15(3-5-16)17-6-10-19(11-7-17)22(25,26)21(24)23(27,28)29/h2-7,10-11,18,20-21H,8-9,12-14H2,1H3. The van der Waals surface area contributed by atoms with Gasteiger partial charge in [0, 0.05) is 12.7 Å². The lowest BCUT2D eigenvalue weighted by Gasteiger charge is -2.28. The van der Waals surface area contributed by atoms with E-state index in [0.29, 0.717) is 11.5 Å². The van der Waals surface area contributed by atoms with Gasteiger partial charge in [-0.15, -0.1) is 0 Å². The largest absolute Gasteiger partial charge is 0.426 e. The third-order valence-corrected chi connectivity index (χ3v) is 5.69. The molecule has 0 saturated heterocycles. The second-order valence-electron chi connectivity index (χ2n) is 7.77. The summed E-state index contributed by atoms with van der Waals surface area (Å²) < 4.78 is 88.5. The molecule has 3 rings (SSSR count). The van der Waals surface area contributed by atoms with Crippen molar-refractivity contribution in [3.8, 4) is 11.1 Å². The van der Waals surface area contributed by atoms with Crippen molar-refractivity contribution < 1.29 is 35.8 Å². The van der Waals surface area contributed by atoms with Crippen LogP contribution in [-0.2, 0) is 15.4 Å². The third kappa shape index (κ3) is 5.60. The molecule has 0 radical (unpaired) electrons. The number of hydrogen-bond donors (Lipinski definition) is 0. The van der Waals surface area contributed by atoms with Gasteiger partial charge in [-0.1, -0.05) is 48.5 Å². The third-order valence-electron chi connectivity index (χ3n) is 5.69. The molecule has 0 aromatic heterocycles. The Labute approximate surface area is 177 Å². The van der Waals surface area contributed by atoms with E-state index in [1.807, 2.05) is 24.3 Å². The van der Waals surface area contributed by atoms with E-state index >= 15 is 0 Å². The summed E-state index contributed by atoms with van der Waals surface area (Å²) in [4.78, 5) is 0. The molecule has 2 aromatic rings. The van der Waals surface area contributed by atoms with Gasteiger partial charge in [0.2, 0.25) is 0 Å². The van der Waals surface area contributed by atoms with E-state index in [1.165, 1.54) is 17.7 Å². The Morgan fingerprint density at radius 1 is 0.839 bits per heavy atom. The van der Waals surface area contributed by atoms with E-state index in [2.05, 4.69) is 0 Å². The smallest absolute Gasteiger partial charge is 0.359 e. The molecule has 2 aromatic carbocycles. The fourth-order valence-corrected chi connectivity index (χ4v) is 3.91. The number of halogens is 6. The molecule has 1 fully saturated rings. The minimum absolute atomic E-state index is 0.202. The zero-order chi connectivity index (χ0) is 22.6. The minimum atomic E-state index is -5.63. The van der Waals surface area contributed by atoms with E-state index in [0.717, 1.165) is 43.4 Å². The summed E-state index contributed by atoms with van der Waals surface area (Å²) in [6.07, 6.45) is -5.82. The number of alkyl halides is 6. The van der Waals surface area contributed by atoms with E-state index in [9.17, 15) is 26.3 Å². The molecule has 0 heterocycles. The summed E-state index contributed by atoms with van der Waals surface area (Å²) in [6, 6.07) is 11.9. The molecule has 1 aliphatic rings. The summed E-state index contributed by atoms with van der Waals surface area (Å²) in [7, 11) is 1.59. The maximum absolute atomic E-state index is 13.8. The van der Waals surface area contributed by atoms with Crippen LogP contribution in [0.3, 0.4) is 0 Å². The molecule has 1 aliphatic carbocycles. The van der Waals surface area contributed by atoms with Crippen LogP contribution in [0.15, 0.2) is 48.5 Å². The van der Waals surface area contributed by atoms with E-state index < -0.39 is 23.8 Å². The van der Waals surface area contributed by atoms with Crippen molar-refractivity contribution >= 4 is 0 Å². The highest BCUT2D eigenvalue weighted by Crippen LogP contribution is 2.42. The van der Waals surface area contributed by atoms with Gasteiger partial charge in [0.1, 0.15) is 6.79 Å². The minimum Gasteiger partial charge on any atom is -0.359 e. The lowest BCUT2D eigenvalue weighted by atomic mass is 9.82. The Hall–Kier alpha value is -2.06. The molecule has 0 N–H and O–H groups in total. The highest BCUT2D eigenvalue weighted by Gasteiger charge is 2.57. The Morgan fingerprint density at radius 2 is 1.35 bits per heavy atom. The van der Waals surface area contributed by atoms with Crippen LogP contribution in [0.2, 0.25) is 0 Å². The predicted molar refractivity (Wildman–Crippen MR) is 105 cm³/mol. The highest BCUT2D eigenvalue weighted by atomic mass is 19.4. The maximum Gasteiger partial charge on any atom is 0.426 e. The van der Waals surface area contributed by atoms with Gasteiger partial charge in [-0.05, 0) is 48.3 Å². The average Bonchev–Trinajstić information content (AvgIpc) is 2.77. The van der Waals surface area contributed by atoms with Crippen molar-refractivity contribution in [2.75, 3.05) is 13.9 Å². The predicted octanol–water partition coefficient (Wildman–Crippen LogP) is 6.99. The Bertz CT molecular complexity index is 825. The number of benzene rings is 2. The van der Waals surface area contributed by atoms with Crippen LogP contribution in [0, 0.1) is 0 Å². The fraction of sp³-hybridized carbons (Fsp3) is 0.478. The summed E-state index contributed by atoms with van der Waals surface area (Å²) >= 11 is 0. The van der Waals surface area contributed by atoms with Gasteiger partial charge >= 0.3 is 12.1 Å². The van der Waals surface area contributed by atoms with Gasteiger partial charge in [-0.3, -0.25) is 0 Å². The molecule has 31 heavy (non-hydrogen) atoms. The Morgan fingerprint density at radius 3 is 1.84 bits per heavy atom. The maximum atomic E-state index is 13.8. The van der Waals surface area contributed by atoms with Crippen molar-refractivity contribution in [2.24, 2.45) is 0 Å². The van der Waals surface area contributed by atoms with E-state index in [-0.39, 0.29) is 12.9 Å². The van der Waals surface area contributed by atoms with Crippen LogP contribution in [0.4, 0.5) is 26.3 Å². The quantitative estimate of drug-likeness (QED) is 0.337. The monoisotopic (exact) mass is 446 g/mol. The molecule has 1 unspecified atom stereocenters. The molecule has 0 aliphatic heterocycles. The van der Waals surface area contributed by atoms with Gasteiger partial charge < -0.3 is 9.47 Å². The van der Waals surface area contributed by atoms with Crippen molar-refractivity contribution in [2.45, 2.75) is 56.0 Å². The van der Waals surface area contributed by atoms with Crippen LogP contribution >= 0.6 is 0 Å². The Kier molecular flexibility index (Phi) is 7.31. The zero-order valence-corrected chi connectivity index (χ0v) is 17.0. The first-order valence-electron chi connectivity index (χ1n) is 10.0. The van der Waals surface area contributed by atoms with Crippen LogP contribution in [0.1, 0.15) is 42.7 Å². The van der Waals surface area contributed by atoms with Gasteiger partial charge in [-0.25, -0.2) is 4.39 Å². The van der Waals surface area contributed by atoms with Crippen molar-refractivity contribution in [3.63, 3.8) is 0 Å². The number of rotatable bonds is 7. The fourth-order valence-electron chi connectivity index (χ4n) is 3.91. The van der Waals surface area contributed by atoms with Crippen LogP contribution in [0.25, 0.3) is 11.1 Å². The Balaban J connectivity index is 1.65. The highest BCUT2D eigenvalue weighted by molar-refractivity contribution is 5.64. The number of hydrogen-bond acceptors (Lipinski definition) is 2. The second-order valence-corrected chi connectivity index (χ2v) is 7.77. The average molecular weight is 446 g/mol. The first kappa shape index (κ1) is 23.6. The molecule has 2 nitrogen and oxygen atoms in total. The molecule has 0 amide bonds. The molecule has 8 heteroatoms. The molecule has 1 saturated carbocycles. The first-order chi connectivity index (χ1) is 14.6. The van der Waals surface area contributed by atoms with Gasteiger partial charge in [-0.2, -0.15) is 22.0 Å². The van der Waals surface area contributed by atoms with Crippen molar-refractivity contribution in [1.29, 1.82) is 0 Å². The first-order valence-corrected chi connectivity index (χ1v) is 10.0. The van der Waals surface area contributed by atoms with Crippen molar-refractivity contribution in [3.05, 3.63) is 59.7 Å². The molecule has 0 bridgehead atoms. The van der Waals surface area contributed by atoms with Crippen LogP contribution in [-0.4, -0.2) is 32.4 Å². The van der Waals surface area contributed by atoms with Gasteiger partial charge in [0.25, 0.3) is 6.17 Å². The molecule has 170 valence electrons. The van der Waals surface area contributed by atoms with Gasteiger partial charge in [0.05, 0.1) is 6.10 Å². The SMILES string of the molecule is COCOC1CCC(c2ccc(-c3ccc(C(F)(F)C(F)C(F)(F)F)cc3)cc2)CC1. The van der Waals surface area contributed by atoms with Crippen LogP contribution < -0.4 is 0 Å². The molecule has 1 atom stereocenters. The van der Waals surface area contributed by atoms with Crippen molar-refractivity contribution in [1.82, 2.24) is 0 Å².